The maximum absolute atomic E-state index is 13.4. The molecule has 0 fully saturated rings. The fourth-order valence-electron chi connectivity index (χ4n) is 2.51. The minimum atomic E-state index is -0.492. The molecule has 7 heteroatoms. The number of halogens is 1. The third-order valence-corrected chi connectivity index (χ3v) is 3.81. The predicted molar refractivity (Wildman–Crippen MR) is 108 cm³/mol. The van der Waals surface area contributed by atoms with Gasteiger partial charge in [-0.3, -0.25) is 9.59 Å². The molecule has 1 atom stereocenters. The summed E-state index contributed by atoms with van der Waals surface area (Å²) < 4.78 is 18.6. The zero-order chi connectivity index (χ0) is 20.9. The minimum Gasteiger partial charge on any atom is -0.495 e. The minimum absolute atomic E-state index is 0.145. The van der Waals surface area contributed by atoms with Crippen LogP contribution in [0.15, 0.2) is 42.5 Å². The van der Waals surface area contributed by atoms with Crippen molar-refractivity contribution in [1.82, 2.24) is 5.32 Å². The summed E-state index contributed by atoms with van der Waals surface area (Å²) in [5, 5.41) is 8.72. The molecular weight excluding hydrogens is 361 g/mol. The molecule has 0 aliphatic rings. The molecule has 0 heterocycles. The molecule has 6 nitrogen and oxygen atoms in total. The van der Waals surface area contributed by atoms with Crippen molar-refractivity contribution >= 4 is 23.2 Å². The molecule has 2 aromatic carbocycles. The highest BCUT2D eigenvalue weighted by atomic mass is 19.1. The summed E-state index contributed by atoms with van der Waals surface area (Å²) in [6, 6.07) is 10.0. The van der Waals surface area contributed by atoms with Crippen LogP contribution in [0.2, 0.25) is 0 Å². The Balaban J connectivity index is 2.17. The summed E-state index contributed by atoms with van der Waals surface area (Å²) in [6.45, 7) is 7.47. The van der Waals surface area contributed by atoms with Gasteiger partial charge in [0, 0.05) is 16.8 Å². The lowest BCUT2D eigenvalue weighted by atomic mass is 10.1. The first-order valence-electron chi connectivity index (χ1n) is 8.92. The fraction of sp³-hybridized carbons (Fsp3) is 0.333. The van der Waals surface area contributed by atoms with Crippen molar-refractivity contribution in [3.05, 3.63) is 53.8 Å². The molecule has 0 bridgehead atoms. The summed E-state index contributed by atoms with van der Waals surface area (Å²) in [5.41, 5.74) is 0.896. The van der Waals surface area contributed by atoms with Crippen molar-refractivity contribution in [3.63, 3.8) is 0 Å². The van der Waals surface area contributed by atoms with Gasteiger partial charge in [0.25, 0.3) is 5.91 Å². The third-order valence-electron chi connectivity index (χ3n) is 3.81. The van der Waals surface area contributed by atoms with Crippen LogP contribution in [0.3, 0.4) is 0 Å². The van der Waals surface area contributed by atoms with Crippen molar-refractivity contribution in [2.45, 2.75) is 39.3 Å². The van der Waals surface area contributed by atoms with Gasteiger partial charge in [-0.1, -0.05) is 6.07 Å². The Kier molecular flexibility index (Phi) is 6.62. The van der Waals surface area contributed by atoms with Crippen molar-refractivity contribution in [1.29, 1.82) is 0 Å². The van der Waals surface area contributed by atoms with Crippen molar-refractivity contribution < 1.29 is 18.7 Å². The van der Waals surface area contributed by atoms with Crippen LogP contribution in [0, 0.1) is 5.82 Å². The molecule has 1 unspecified atom stereocenters. The Morgan fingerprint density at radius 3 is 2.43 bits per heavy atom. The summed E-state index contributed by atoms with van der Waals surface area (Å²) in [4.78, 5) is 24.7. The topological polar surface area (TPSA) is 79.5 Å². The molecule has 0 aliphatic carbocycles. The number of ether oxygens (including phenoxy) is 1. The number of carbonyl (C=O) groups excluding carboxylic acids is 2. The molecule has 2 rings (SSSR count). The van der Waals surface area contributed by atoms with Gasteiger partial charge in [-0.15, -0.1) is 0 Å². The van der Waals surface area contributed by atoms with Gasteiger partial charge in [-0.2, -0.15) is 0 Å². The van der Waals surface area contributed by atoms with Crippen LogP contribution in [-0.2, 0) is 4.79 Å². The molecule has 0 saturated carbocycles. The Morgan fingerprint density at radius 1 is 1.11 bits per heavy atom. The van der Waals surface area contributed by atoms with Gasteiger partial charge >= 0.3 is 0 Å². The van der Waals surface area contributed by atoms with E-state index < -0.39 is 17.8 Å². The molecule has 2 aromatic rings. The Labute approximate surface area is 164 Å². The lowest BCUT2D eigenvalue weighted by molar-refractivity contribution is -0.122. The van der Waals surface area contributed by atoms with E-state index in [1.807, 2.05) is 20.8 Å². The van der Waals surface area contributed by atoms with E-state index in [0.29, 0.717) is 17.1 Å². The number of carbonyl (C=O) groups is 2. The first-order chi connectivity index (χ1) is 13.1. The second kappa shape index (κ2) is 8.73. The van der Waals surface area contributed by atoms with Crippen LogP contribution in [0.5, 0.6) is 5.75 Å². The van der Waals surface area contributed by atoms with Gasteiger partial charge in [0.2, 0.25) is 5.91 Å². The summed E-state index contributed by atoms with van der Waals surface area (Å²) in [6.07, 6.45) is 0. The molecule has 0 aromatic heterocycles. The highest BCUT2D eigenvalue weighted by Gasteiger charge is 2.19. The molecule has 0 saturated heterocycles. The van der Waals surface area contributed by atoms with Gasteiger partial charge in [-0.25, -0.2) is 4.39 Å². The monoisotopic (exact) mass is 387 g/mol. The largest absolute Gasteiger partial charge is 0.495 e. The first-order valence-corrected chi connectivity index (χ1v) is 8.92. The Bertz CT molecular complexity index is 862. The average Bonchev–Trinajstić information content (AvgIpc) is 2.60. The van der Waals surface area contributed by atoms with E-state index in [0.717, 1.165) is 6.07 Å². The molecule has 2 amide bonds. The Morgan fingerprint density at radius 2 is 1.82 bits per heavy atom. The van der Waals surface area contributed by atoms with Crippen LogP contribution in [-0.4, -0.2) is 30.5 Å². The highest BCUT2D eigenvalue weighted by Crippen LogP contribution is 2.28. The zero-order valence-electron chi connectivity index (χ0n) is 16.7. The van der Waals surface area contributed by atoms with Crippen molar-refractivity contribution in [2.75, 3.05) is 17.7 Å². The molecule has 28 heavy (non-hydrogen) atoms. The normalized spacial score (nSPS) is 12.1. The van der Waals surface area contributed by atoms with Crippen LogP contribution >= 0.6 is 0 Å². The van der Waals surface area contributed by atoms with E-state index in [-0.39, 0.29) is 17.0 Å². The number of hydrogen-bond acceptors (Lipinski definition) is 4. The number of benzene rings is 2. The van der Waals surface area contributed by atoms with E-state index in [4.69, 9.17) is 4.74 Å². The van der Waals surface area contributed by atoms with Gasteiger partial charge < -0.3 is 20.7 Å². The summed E-state index contributed by atoms with van der Waals surface area (Å²) >= 11 is 0. The number of rotatable bonds is 6. The molecular formula is C21H26FN3O3. The van der Waals surface area contributed by atoms with Crippen LogP contribution < -0.4 is 20.7 Å². The number of amides is 2. The second-order valence-electron chi connectivity index (χ2n) is 7.48. The summed E-state index contributed by atoms with van der Waals surface area (Å²) in [7, 11) is 1.49. The highest BCUT2D eigenvalue weighted by molar-refractivity contribution is 6.05. The van der Waals surface area contributed by atoms with Crippen molar-refractivity contribution in [2.24, 2.45) is 0 Å². The van der Waals surface area contributed by atoms with Crippen LogP contribution in [0.4, 0.5) is 15.8 Å². The van der Waals surface area contributed by atoms with Gasteiger partial charge in [0.15, 0.2) is 0 Å². The van der Waals surface area contributed by atoms with E-state index in [9.17, 15) is 14.0 Å². The number of methoxy groups -OCH3 is 1. The smallest absolute Gasteiger partial charge is 0.255 e. The predicted octanol–water partition coefficient (Wildman–Crippen LogP) is 3.80. The van der Waals surface area contributed by atoms with Crippen molar-refractivity contribution in [3.8, 4) is 5.75 Å². The lowest BCUT2D eigenvalue weighted by Crippen LogP contribution is -2.47. The lowest BCUT2D eigenvalue weighted by Gasteiger charge is -2.24. The van der Waals surface area contributed by atoms with Gasteiger partial charge in [0.1, 0.15) is 17.6 Å². The number of anilines is 2. The first kappa shape index (κ1) is 21.2. The van der Waals surface area contributed by atoms with E-state index in [1.54, 1.807) is 25.1 Å². The quantitative estimate of drug-likeness (QED) is 0.704. The van der Waals surface area contributed by atoms with Crippen LogP contribution in [0.1, 0.15) is 38.1 Å². The van der Waals surface area contributed by atoms with Gasteiger partial charge in [0.05, 0.1) is 12.8 Å². The maximum Gasteiger partial charge on any atom is 0.255 e. The molecule has 150 valence electrons. The zero-order valence-corrected chi connectivity index (χ0v) is 16.7. The standard InChI is InChI=1S/C21H26FN3O3/c1-13(19(26)25-21(2,3)4)23-16-9-10-18(28-5)17(12-16)24-20(27)14-7-6-8-15(22)11-14/h6-13,23H,1-5H3,(H,24,27)(H,25,26). The second-order valence-corrected chi connectivity index (χ2v) is 7.48. The third kappa shape index (κ3) is 5.97. The number of nitrogens with one attached hydrogen (secondary N) is 3. The average molecular weight is 387 g/mol. The summed E-state index contributed by atoms with van der Waals surface area (Å²) in [5.74, 6) is -0.655. The molecule has 0 spiro atoms. The fourth-order valence-corrected chi connectivity index (χ4v) is 2.51. The SMILES string of the molecule is COc1ccc(NC(C)C(=O)NC(C)(C)C)cc1NC(=O)c1cccc(F)c1. The molecule has 3 N–H and O–H groups in total. The van der Waals surface area contributed by atoms with E-state index in [1.165, 1.54) is 25.3 Å². The van der Waals surface area contributed by atoms with Gasteiger partial charge in [-0.05, 0) is 64.1 Å². The number of hydrogen-bond donors (Lipinski definition) is 3. The molecule has 0 aliphatic heterocycles. The van der Waals surface area contributed by atoms with E-state index in [2.05, 4.69) is 16.0 Å². The molecule has 0 radical (unpaired) electrons. The van der Waals surface area contributed by atoms with E-state index >= 15 is 0 Å². The maximum atomic E-state index is 13.4. The van der Waals surface area contributed by atoms with Crippen LogP contribution in [0.25, 0.3) is 0 Å². The Hall–Kier alpha value is -3.09.